The molecule has 0 radical (unpaired) electrons. The fourth-order valence-corrected chi connectivity index (χ4v) is 2.29. The van der Waals surface area contributed by atoms with Crippen molar-refractivity contribution in [3.8, 4) is 5.75 Å². The Morgan fingerprint density at radius 3 is 2.46 bits per heavy atom. The maximum Gasteiger partial charge on any atom is 0.272 e. The van der Waals surface area contributed by atoms with E-state index >= 15 is 0 Å². The van der Waals surface area contributed by atoms with Crippen molar-refractivity contribution < 1.29 is 9.53 Å². The average Bonchev–Trinajstić information content (AvgIpc) is 2.72. The molecule has 0 spiro atoms. The lowest BCUT2D eigenvalue weighted by Crippen LogP contribution is -2.19. The van der Waals surface area contributed by atoms with Gasteiger partial charge in [0, 0.05) is 12.4 Å². The zero-order valence-electron chi connectivity index (χ0n) is 14.4. The summed E-state index contributed by atoms with van der Waals surface area (Å²) in [5.41, 5.74) is 5.73. The smallest absolute Gasteiger partial charge is 0.272 e. The largest absolute Gasteiger partial charge is 0.489 e. The third kappa shape index (κ3) is 4.77. The quantitative estimate of drug-likeness (QED) is 0.546. The molecule has 3 rings (SSSR count). The van der Waals surface area contributed by atoms with Crippen LogP contribution < -0.4 is 10.2 Å². The van der Waals surface area contributed by atoms with Crippen molar-refractivity contribution in [3.05, 3.63) is 95.8 Å². The number of hydrazone groups is 1. The van der Waals surface area contributed by atoms with Gasteiger partial charge in [-0.15, -0.1) is 0 Å². The van der Waals surface area contributed by atoms with Crippen molar-refractivity contribution in [2.24, 2.45) is 5.10 Å². The summed E-state index contributed by atoms with van der Waals surface area (Å²) < 4.78 is 5.77. The fraction of sp³-hybridized carbons (Fsp3) is 0.0952. The third-order valence-corrected chi connectivity index (χ3v) is 3.77. The Morgan fingerprint density at radius 2 is 1.77 bits per heavy atom. The number of amides is 1. The van der Waals surface area contributed by atoms with Crippen LogP contribution in [-0.4, -0.2) is 16.6 Å². The molecule has 0 atom stereocenters. The molecule has 0 aliphatic carbocycles. The van der Waals surface area contributed by atoms with Crippen LogP contribution in [0.5, 0.6) is 5.75 Å². The minimum atomic E-state index is -0.291. The average molecular weight is 345 g/mol. The van der Waals surface area contributed by atoms with Crippen LogP contribution in [0, 0.1) is 0 Å². The molecule has 1 heterocycles. The van der Waals surface area contributed by atoms with E-state index < -0.39 is 0 Å². The molecular formula is C21H19N3O2. The van der Waals surface area contributed by atoms with Crippen LogP contribution in [0.3, 0.4) is 0 Å². The standard InChI is InChI=1S/C21H19N3O2/c1-16(23-24-21(25)19-8-5-13-22-14-19)18-9-11-20(12-10-18)26-15-17-6-3-2-4-7-17/h2-14H,15H2,1H3,(H,24,25). The first kappa shape index (κ1) is 17.4. The van der Waals surface area contributed by atoms with Gasteiger partial charge >= 0.3 is 0 Å². The van der Waals surface area contributed by atoms with Gasteiger partial charge in [0.1, 0.15) is 12.4 Å². The number of hydrogen-bond donors (Lipinski definition) is 1. The second kappa shape index (κ2) is 8.58. The van der Waals surface area contributed by atoms with E-state index in [0.717, 1.165) is 16.9 Å². The second-order valence-electron chi connectivity index (χ2n) is 5.68. The molecule has 0 unspecified atom stereocenters. The Balaban J connectivity index is 1.58. The molecule has 1 amide bonds. The molecular weight excluding hydrogens is 326 g/mol. The number of nitrogens with one attached hydrogen (secondary N) is 1. The van der Waals surface area contributed by atoms with E-state index in [9.17, 15) is 4.79 Å². The molecule has 0 bridgehead atoms. The monoisotopic (exact) mass is 345 g/mol. The maximum absolute atomic E-state index is 12.0. The van der Waals surface area contributed by atoms with Crippen molar-refractivity contribution in [1.29, 1.82) is 0 Å². The number of ether oxygens (including phenoxy) is 1. The van der Waals surface area contributed by atoms with Crippen LogP contribution in [0.15, 0.2) is 84.2 Å². The molecule has 1 N–H and O–H groups in total. The second-order valence-corrected chi connectivity index (χ2v) is 5.68. The molecule has 0 aliphatic rings. The summed E-state index contributed by atoms with van der Waals surface area (Å²) in [6.45, 7) is 2.36. The summed E-state index contributed by atoms with van der Waals surface area (Å²) >= 11 is 0. The highest BCUT2D eigenvalue weighted by atomic mass is 16.5. The van der Waals surface area contributed by atoms with Gasteiger partial charge < -0.3 is 4.74 Å². The summed E-state index contributed by atoms with van der Waals surface area (Å²) in [5.74, 6) is 0.491. The molecule has 130 valence electrons. The van der Waals surface area contributed by atoms with Crippen molar-refractivity contribution in [1.82, 2.24) is 10.4 Å². The number of aromatic nitrogens is 1. The first-order valence-corrected chi connectivity index (χ1v) is 8.24. The summed E-state index contributed by atoms with van der Waals surface area (Å²) in [5, 5.41) is 4.14. The first-order chi connectivity index (χ1) is 12.7. The minimum Gasteiger partial charge on any atom is -0.489 e. The predicted octanol–water partition coefficient (Wildman–Crippen LogP) is 3.81. The number of carbonyl (C=O) groups is 1. The highest BCUT2D eigenvalue weighted by molar-refractivity contribution is 6.00. The SMILES string of the molecule is CC(=NNC(=O)c1cccnc1)c1ccc(OCc2ccccc2)cc1. The number of pyridine rings is 1. The van der Waals surface area contributed by atoms with E-state index in [1.807, 2.05) is 61.5 Å². The minimum absolute atomic E-state index is 0.291. The van der Waals surface area contributed by atoms with E-state index in [0.29, 0.717) is 17.9 Å². The molecule has 0 saturated heterocycles. The summed E-state index contributed by atoms with van der Waals surface area (Å²) in [4.78, 5) is 15.9. The van der Waals surface area contributed by atoms with Gasteiger partial charge in [0.05, 0.1) is 11.3 Å². The maximum atomic E-state index is 12.0. The van der Waals surface area contributed by atoms with Gasteiger partial charge in [0.15, 0.2) is 0 Å². The zero-order chi connectivity index (χ0) is 18.2. The zero-order valence-corrected chi connectivity index (χ0v) is 14.4. The van der Waals surface area contributed by atoms with E-state index in [1.54, 1.807) is 18.3 Å². The van der Waals surface area contributed by atoms with E-state index in [-0.39, 0.29) is 5.91 Å². The Morgan fingerprint density at radius 1 is 1.00 bits per heavy atom. The van der Waals surface area contributed by atoms with Crippen molar-refractivity contribution in [2.75, 3.05) is 0 Å². The lowest BCUT2D eigenvalue weighted by molar-refractivity contribution is 0.0954. The molecule has 0 saturated carbocycles. The normalized spacial score (nSPS) is 11.0. The number of carbonyl (C=O) groups excluding carboxylic acids is 1. The Labute approximate surface area is 152 Å². The molecule has 5 nitrogen and oxygen atoms in total. The molecule has 26 heavy (non-hydrogen) atoms. The Hall–Kier alpha value is -3.47. The van der Waals surface area contributed by atoms with Gasteiger partial charge in [0.2, 0.25) is 0 Å². The lowest BCUT2D eigenvalue weighted by atomic mass is 10.1. The van der Waals surface area contributed by atoms with Crippen LogP contribution in [0.2, 0.25) is 0 Å². The molecule has 3 aromatic rings. The number of hydrogen-bond acceptors (Lipinski definition) is 4. The molecule has 1 aromatic heterocycles. The lowest BCUT2D eigenvalue weighted by Gasteiger charge is -2.07. The fourth-order valence-electron chi connectivity index (χ4n) is 2.29. The molecule has 5 heteroatoms. The van der Waals surface area contributed by atoms with Crippen LogP contribution in [0.4, 0.5) is 0 Å². The Bertz CT molecular complexity index is 876. The summed E-state index contributed by atoms with van der Waals surface area (Å²) in [6, 6.07) is 21.0. The predicted molar refractivity (Wildman–Crippen MR) is 101 cm³/mol. The highest BCUT2D eigenvalue weighted by Crippen LogP contribution is 2.14. The van der Waals surface area contributed by atoms with E-state index in [1.165, 1.54) is 6.20 Å². The number of benzene rings is 2. The molecule has 0 fully saturated rings. The van der Waals surface area contributed by atoms with Gasteiger partial charge in [-0.25, -0.2) is 5.43 Å². The topological polar surface area (TPSA) is 63.6 Å². The van der Waals surface area contributed by atoms with Crippen LogP contribution in [-0.2, 0) is 6.61 Å². The van der Waals surface area contributed by atoms with E-state index in [4.69, 9.17) is 4.74 Å². The Kier molecular flexibility index (Phi) is 5.72. The third-order valence-electron chi connectivity index (χ3n) is 3.77. The van der Waals surface area contributed by atoms with Gasteiger partial charge in [-0.05, 0) is 54.4 Å². The van der Waals surface area contributed by atoms with Crippen molar-refractivity contribution in [2.45, 2.75) is 13.5 Å². The summed E-state index contributed by atoms with van der Waals surface area (Å²) in [7, 11) is 0. The van der Waals surface area contributed by atoms with E-state index in [2.05, 4.69) is 15.5 Å². The summed E-state index contributed by atoms with van der Waals surface area (Å²) in [6.07, 6.45) is 3.12. The van der Waals surface area contributed by atoms with Crippen molar-refractivity contribution in [3.63, 3.8) is 0 Å². The first-order valence-electron chi connectivity index (χ1n) is 8.24. The number of nitrogens with zero attached hydrogens (tertiary/aromatic N) is 2. The van der Waals surface area contributed by atoms with Gasteiger partial charge in [0.25, 0.3) is 5.91 Å². The van der Waals surface area contributed by atoms with Crippen LogP contribution in [0.1, 0.15) is 28.4 Å². The van der Waals surface area contributed by atoms with Crippen LogP contribution in [0.25, 0.3) is 0 Å². The van der Waals surface area contributed by atoms with Crippen molar-refractivity contribution >= 4 is 11.6 Å². The van der Waals surface area contributed by atoms with Gasteiger partial charge in [-0.3, -0.25) is 9.78 Å². The van der Waals surface area contributed by atoms with Crippen LogP contribution >= 0.6 is 0 Å². The molecule has 2 aromatic carbocycles. The molecule has 0 aliphatic heterocycles. The highest BCUT2D eigenvalue weighted by Gasteiger charge is 2.05. The number of rotatable bonds is 6. The van der Waals surface area contributed by atoms with Gasteiger partial charge in [-0.2, -0.15) is 5.10 Å². The van der Waals surface area contributed by atoms with Gasteiger partial charge in [-0.1, -0.05) is 30.3 Å².